The number of benzene rings is 2. The predicted octanol–water partition coefficient (Wildman–Crippen LogP) is 4.15. The summed E-state index contributed by atoms with van der Waals surface area (Å²) < 4.78 is 24.8. The van der Waals surface area contributed by atoms with E-state index in [-0.39, 0.29) is 10.7 Å². The van der Waals surface area contributed by atoms with Crippen molar-refractivity contribution in [2.75, 3.05) is 19.0 Å². The third kappa shape index (κ3) is 3.52. The second-order valence-corrected chi connectivity index (χ2v) is 6.55. The van der Waals surface area contributed by atoms with Gasteiger partial charge >= 0.3 is 5.97 Å². The molecule has 1 aromatic heterocycles. The van der Waals surface area contributed by atoms with Crippen LogP contribution in [0, 0.1) is 12.7 Å². The summed E-state index contributed by atoms with van der Waals surface area (Å²) in [5.41, 5.74) is 0.995. The van der Waals surface area contributed by atoms with Crippen LogP contribution in [-0.2, 0) is 9.53 Å². The largest absolute Gasteiger partial charge is 0.495 e. The third-order valence-corrected chi connectivity index (χ3v) is 5.04. The van der Waals surface area contributed by atoms with E-state index in [9.17, 15) is 14.0 Å². The number of hydrogen-bond acceptors (Lipinski definition) is 5. The fourth-order valence-electron chi connectivity index (χ4n) is 2.58. The molecule has 1 N–H and O–H groups in total. The Kier molecular flexibility index (Phi) is 5.18. The van der Waals surface area contributed by atoms with Crippen molar-refractivity contribution in [2.45, 2.75) is 6.92 Å². The number of amides is 1. The number of carbonyl (C=O) groups is 2. The third-order valence-electron chi connectivity index (χ3n) is 3.80. The molecule has 0 aliphatic carbocycles. The van der Waals surface area contributed by atoms with E-state index >= 15 is 0 Å². The van der Waals surface area contributed by atoms with Gasteiger partial charge in [-0.05, 0) is 36.8 Å². The molecule has 0 aliphatic heterocycles. The Morgan fingerprint density at radius 1 is 1.15 bits per heavy atom. The first-order valence-electron chi connectivity index (χ1n) is 7.79. The molecule has 0 aliphatic rings. The molecule has 0 fully saturated rings. The number of anilines is 1. The summed E-state index contributed by atoms with van der Waals surface area (Å²) >= 11 is 1.14. The predicted molar refractivity (Wildman–Crippen MR) is 98.4 cm³/mol. The molecule has 0 atom stereocenters. The number of methoxy groups -OCH3 is 1. The number of fused-ring (bicyclic) bond motifs is 1. The average molecular weight is 373 g/mol. The van der Waals surface area contributed by atoms with Crippen LogP contribution in [0.2, 0.25) is 0 Å². The van der Waals surface area contributed by atoms with Crippen molar-refractivity contribution in [1.29, 1.82) is 0 Å². The molecular formula is C19H16FNO4S. The lowest BCUT2D eigenvalue weighted by Gasteiger charge is -2.10. The Hall–Kier alpha value is -2.93. The Morgan fingerprint density at radius 3 is 2.65 bits per heavy atom. The highest BCUT2D eigenvalue weighted by Gasteiger charge is 2.20. The lowest BCUT2D eigenvalue weighted by molar-refractivity contribution is -0.119. The maximum Gasteiger partial charge on any atom is 0.349 e. The van der Waals surface area contributed by atoms with Crippen molar-refractivity contribution >= 4 is 39.0 Å². The molecule has 0 spiro atoms. The molecule has 7 heteroatoms. The number of rotatable bonds is 5. The molecule has 134 valence electrons. The van der Waals surface area contributed by atoms with E-state index in [0.29, 0.717) is 27.1 Å². The highest BCUT2D eigenvalue weighted by Crippen LogP contribution is 2.33. The maximum atomic E-state index is 13.9. The van der Waals surface area contributed by atoms with Crippen molar-refractivity contribution in [1.82, 2.24) is 0 Å². The van der Waals surface area contributed by atoms with Crippen LogP contribution < -0.4 is 10.1 Å². The van der Waals surface area contributed by atoms with Crippen LogP contribution in [0.25, 0.3) is 10.1 Å². The molecule has 0 radical (unpaired) electrons. The van der Waals surface area contributed by atoms with Gasteiger partial charge in [0.05, 0.1) is 12.8 Å². The van der Waals surface area contributed by atoms with Crippen LogP contribution in [0.15, 0.2) is 42.5 Å². The molecule has 0 unspecified atom stereocenters. The van der Waals surface area contributed by atoms with E-state index in [1.54, 1.807) is 43.3 Å². The normalized spacial score (nSPS) is 10.6. The monoisotopic (exact) mass is 373 g/mol. The van der Waals surface area contributed by atoms with E-state index in [0.717, 1.165) is 11.3 Å². The van der Waals surface area contributed by atoms with Gasteiger partial charge < -0.3 is 14.8 Å². The highest BCUT2D eigenvalue weighted by atomic mass is 32.1. The standard InChI is InChI=1S/C19H16FNO4S/c1-11-17-12(20)6-5-9-15(17)26-18(11)19(23)25-10-16(22)21-13-7-3-4-8-14(13)24-2/h3-9H,10H2,1-2H3,(H,21,22). The first-order chi connectivity index (χ1) is 12.5. The van der Waals surface area contributed by atoms with Crippen LogP contribution in [0.5, 0.6) is 5.75 Å². The van der Waals surface area contributed by atoms with Crippen molar-refractivity contribution < 1.29 is 23.5 Å². The van der Waals surface area contributed by atoms with Crippen LogP contribution in [0.1, 0.15) is 15.2 Å². The smallest absolute Gasteiger partial charge is 0.349 e. The van der Waals surface area contributed by atoms with E-state index in [1.165, 1.54) is 13.2 Å². The minimum atomic E-state index is -0.654. The molecule has 3 rings (SSSR count). The lowest BCUT2D eigenvalue weighted by atomic mass is 10.1. The molecule has 3 aromatic rings. The fourth-order valence-corrected chi connectivity index (χ4v) is 3.70. The molecule has 1 heterocycles. The zero-order chi connectivity index (χ0) is 18.7. The van der Waals surface area contributed by atoms with Gasteiger partial charge in [-0.2, -0.15) is 0 Å². The summed E-state index contributed by atoms with van der Waals surface area (Å²) in [7, 11) is 1.49. The van der Waals surface area contributed by atoms with Gasteiger partial charge in [0.25, 0.3) is 5.91 Å². The zero-order valence-electron chi connectivity index (χ0n) is 14.2. The summed E-state index contributed by atoms with van der Waals surface area (Å²) in [6.45, 7) is 1.21. The Bertz CT molecular complexity index is 983. The van der Waals surface area contributed by atoms with Crippen molar-refractivity contribution in [2.24, 2.45) is 0 Å². The summed E-state index contributed by atoms with van der Waals surface area (Å²) in [6, 6.07) is 11.6. The minimum Gasteiger partial charge on any atom is -0.495 e. The SMILES string of the molecule is COc1ccccc1NC(=O)COC(=O)c1sc2cccc(F)c2c1C. The van der Waals surface area contributed by atoms with Crippen molar-refractivity contribution in [3.05, 3.63) is 58.7 Å². The molecule has 0 saturated carbocycles. The first-order valence-corrected chi connectivity index (χ1v) is 8.60. The van der Waals surface area contributed by atoms with Gasteiger partial charge in [-0.25, -0.2) is 9.18 Å². The second-order valence-electron chi connectivity index (χ2n) is 5.49. The number of halogens is 1. The molecule has 26 heavy (non-hydrogen) atoms. The van der Waals surface area contributed by atoms with Gasteiger partial charge in [-0.1, -0.05) is 18.2 Å². The number of esters is 1. The first kappa shape index (κ1) is 17.9. The Balaban J connectivity index is 1.68. The molecular weight excluding hydrogens is 357 g/mol. The topological polar surface area (TPSA) is 64.6 Å². The number of thiophene rings is 1. The highest BCUT2D eigenvalue weighted by molar-refractivity contribution is 7.21. The quantitative estimate of drug-likeness (QED) is 0.683. The molecule has 0 saturated heterocycles. The second kappa shape index (κ2) is 7.53. The number of nitrogens with one attached hydrogen (secondary N) is 1. The van der Waals surface area contributed by atoms with Crippen LogP contribution in [-0.4, -0.2) is 25.6 Å². The fraction of sp³-hybridized carbons (Fsp3) is 0.158. The Labute approximate surface area is 153 Å². The zero-order valence-corrected chi connectivity index (χ0v) is 15.0. The lowest BCUT2D eigenvalue weighted by Crippen LogP contribution is -2.21. The summed E-state index contributed by atoms with van der Waals surface area (Å²) in [6.07, 6.45) is 0. The van der Waals surface area contributed by atoms with Gasteiger partial charge in [0.2, 0.25) is 0 Å². The van der Waals surface area contributed by atoms with Crippen LogP contribution >= 0.6 is 11.3 Å². The van der Waals surface area contributed by atoms with Gasteiger partial charge in [0.15, 0.2) is 6.61 Å². The van der Waals surface area contributed by atoms with Crippen LogP contribution in [0.4, 0.5) is 10.1 Å². The van der Waals surface area contributed by atoms with Crippen molar-refractivity contribution in [3.8, 4) is 5.75 Å². The van der Waals surface area contributed by atoms with E-state index in [4.69, 9.17) is 9.47 Å². The van der Waals surface area contributed by atoms with E-state index in [2.05, 4.69) is 5.32 Å². The summed E-state index contributed by atoms with van der Waals surface area (Å²) in [5, 5.41) is 3.03. The van der Waals surface area contributed by atoms with E-state index in [1.807, 2.05) is 0 Å². The minimum absolute atomic E-state index is 0.287. The number of aryl methyl sites for hydroxylation is 1. The van der Waals surface area contributed by atoms with Gasteiger partial charge in [-0.3, -0.25) is 4.79 Å². The molecule has 0 bridgehead atoms. The number of carbonyl (C=O) groups excluding carboxylic acids is 2. The summed E-state index contributed by atoms with van der Waals surface area (Å²) in [4.78, 5) is 24.6. The van der Waals surface area contributed by atoms with Gasteiger partial charge in [0.1, 0.15) is 16.4 Å². The number of hydrogen-bond donors (Lipinski definition) is 1. The van der Waals surface area contributed by atoms with Gasteiger partial charge in [0, 0.05) is 10.1 Å². The molecule has 5 nitrogen and oxygen atoms in total. The van der Waals surface area contributed by atoms with Gasteiger partial charge in [-0.15, -0.1) is 11.3 Å². The van der Waals surface area contributed by atoms with Crippen molar-refractivity contribution in [3.63, 3.8) is 0 Å². The summed E-state index contributed by atoms with van der Waals surface area (Å²) in [5.74, 6) is -1.03. The average Bonchev–Trinajstić information content (AvgIpc) is 2.98. The number of ether oxygens (including phenoxy) is 2. The maximum absolute atomic E-state index is 13.9. The number of para-hydroxylation sites is 2. The molecule has 2 aromatic carbocycles. The van der Waals surface area contributed by atoms with E-state index < -0.39 is 18.5 Å². The Morgan fingerprint density at radius 2 is 1.92 bits per heavy atom. The molecule has 1 amide bonds. The van der Waals surface area contributed by atoms with Crippen LogP contribution in [0.3, 0.4) is 0 Å².